The van der Waals surface area contributed by atoms with Gasteiger partial charge in [0.15, 0.2) is 5.78 Å². The number of hydrogen-bond donors (Lipinski definition) is 1. The summed E-state index contributed by atoms with van der Waals surface area (Å²) in [6, 6.07) is 8.91. The van der Waals surface area contributed by atoms with Gasteiger partial charge in [-0.1, -0.05) is 30.3 Å². The Kier molecular flexibility index (Phi) is 2.54. The summed E-state index contributed by atoms with van der Waals surface area (Å²) < 4.78 is 2.58. The van der Waals surface area contributed by atoms with E-state index in [9.17, 15) is 9.59 Å². The lowest BCUT2D eigenvalue weighted by atomic mass is 9.99. The van der Waals surface area contributed by atoms with Crippen molar-refractivity contribution < 1.29 is 9.59 Å². The molecule has 1 heterocycles. The van der Waals surface area contributed by atoms with Gasteiger partial charge in [-0.15, -0.1) is 0 Å². The Morgan fingerprint density at radius 3 is 2.64 bits per heavy atom. The highest BCUT2D eigenvalue weighted by atomic mass is 32.2. The Bertz CT molecular complexity index is 364. The molecular weight excluding hydrogens is 198 g/mol. The maximum Gasteiger partial charge on any atom is 0.241 e. The number of carbonyl (C=O) groups excluding carboxylic acids is 2. The molecule has 72 valence electrons. The quantitative estimate of drug-likeness (QED) is 0.451. The minimum Gasteiger partial charge on any atom is -0.299 e. The van der Waals surface area contributed by atoms with Gasteiger partial charge in [0.2, 0.25) is 5.91 Å². The number of nitrogens with one attached hydrogen (secondary N) is 1. The minimum absolute atomic E-state index is 0.0897. The summed E-state index contributed by atoms with van der Waals surface area (Å²) >= 11 is 1.29. The summed E-state index contributed by atoms with van der Waals surface area (Å²) in [6.07, 6.45) is 0. The van der Waals surface area contributed by atoms with E-state index >= 15 is 0 Å². The van der Waals surface area contributed by atoms with Crippen LogP contribution in [0.3, 0.4) is 0 Å². The lowest BCUT2D eigenvalue weighted by Gasteiger charge is -2.03. The molecule has 3 nitrogen and oxygen atoms in total. The second kappa shape index (κ2) is 3.84. The van der Waals surface area contributed by atoms with Crippen LogP contribution in [0.25, 0.3) is 0 Å². The number of benzene rings is 1. The average Bonchev–Trinajstić information content (AvgIpc) is 2.65. The van der Waals surface area contributed by atoms with Crippen molar-refractivity contribution in [3.63, 3.8) is 0 Å². The number of rotatable bonds is 2. The number of Topliss-reactive ketones (excluding diaryl/α,β-unsaturated/α-hetero) is 1. The van der Waals surface area contributed by atoms with Crippen LogP contribution in [-0.4, -0.2) is 17.4 Å². The number of ketones is 1. The molecule has 0 aliphatic carbocycles. The lowest BCUT2D eigenvalue weighted by molar-refractivity contribution is -0.120. The summed E-state index contributed by atoms with van der Waals surface area (Å²) in [5, 5.41) is 0. The molecule has 0 saturated carbocycles. The van der Waals surface area contributed by atoms with E-state index in [-0.39, 0.29) is 11.7 Å². The predicted molar refractivity (Wildman–Crippen MR) is 54.9 cm³/mol. The highest BCUT2D eigenvalue weighted by Gasteiger charge is 2.32. The third-order valence-electron chi connectivity index (χ3n) is 2.11. The molecule has 1 aromatic carbocycles. The van der Waals surface area contributed by atoms with E-state index in [1.807, 2.05) is 6.07 Å². The molecule has 1 fully saturated rings. The average molecular weight is 207 g/mol. The zero-order valence-corrected chi connectivity index (χ0v) is 8.21. The maximum absolute atomic E-state index is 11.8. The van der Waals surface area contributed by atoms with Gasteiger partial charge in [0.25, 0.3) is 0 Å². The fraction of sp³-hybridized carbons (Fsp3) is 0.200. The molecule has 0 radical (unpaired) electrons. The standard InChI is InChI=1S/C10H9NO2S/c12-9(7-4-2-1-3-5-7)8-6-14-11-10(8)13/h1-5,8H,6H2,(H,11,13). The lowest BCUT2D eigenvalue weighted by Crippen LogP contribution is -2.25. The van der Waals surface area contributed by atoms with Crippen molar-refractivity contribution in [1.82, 2.24) is 4.72 Å². The Morgan fingerprint density at radius 1 is 1.36 bits per heavy atom. The van der Waals surface area contributed by atoms with E-state index in [4.69, 9.17) is 0 Å². The smallest absolute Gasteiger partial charge is 0.241 e. The molecule has 1 amide bonds. The topological polar surface area (TPSA) is 46.2 Å². The van der Waals surface area contributed by atoms with Gasteiger partial charge in [0.05, 0.1) is 0 Å². The molecular formula is C10H9NO2S. The molecule has 1 atom stereocenters. The molecule has 14 heavy (non-hydrogen) atoms. The summed E-state index contributed by atoms with van der Waals surface area (Å²) in [4.78, 5) is 23.0. The fourth-order valence-corrected chi connectivity index (χ4v) is 2.18. The van der Waals surface area contributed by atoms with Gasteiger partial charge in [-0.3, -0.25) is 14.3 Å². The Balaban J connectivity index is 2.20. The number of hydrogen-bond acceptors (Lipinski definition) is 3. The van der Waals surface area contributed by atoms with Crippen LogP contribution in [0.15, 0.2) is 30.3 Å². The van der Waals surface area contributed by atoms with Crippen LogP contribution < -0.4 is 4.72 Å². The zero-order chi connectivity index (χ0) is 9.97. The Labute approximate surface area is 86.0 Å². The minimum atomic E-state index is -0.512. The van der Waals surface area contributed by atoms with Gasteiger partial charge in [0.1, 0.15) is 5.92 Å². The van der Waals surface area contributed by atoms with E-state index in [0.717, 1.165) is 0 Å². The van der Waals surface area contributed by atoms with Crippen molar-refractivity contribution in [1.29, 1.82) is 0 Å². The molecule has 1 unspecified atom stereocenters. The van der Waals surface area contributed by atoms with Crippen molar-refractivity contribution in [3.8, 4) is 0 Å². The monoisotopic (exact) mass is 207 g/mol. The first-order chi connectivity index (χ1) is 6.79. The molecule has 0 bridgehead atoms. The van der Waals surface area contributed by atoms with Gasteiger partial charge in [0, 0.05) is 11.3 Å². The fourth-order valence-electron chi connectivity index (χ4n) is 1.34. The normalized spacial score (nSPS) is 20.6. The van der Waals surface area contributed by atoms with Gasteiger partial charge in [-0.05, 0) is 11.9 Å². The van der Waals surface area contributed by atoms with Crippen LogP contribution >= 0.6 is 11.9 Å². The van der Waals surface area contributed by atoms with Gasteiger partial charge < -0.3 is 0 Å². The van der Waals surface area contributed by atoms with E-state index in [0.29, 0.717) is 11.3 Å². The van der Waals surface area contributed by atoms with Gasteiger partial charge >= 0.3 is 0 Å². The molecule has 1 N–H and O–H groups in total. The number of carbonyl (C=O) groups is 2. The van der Waals surface area contributed by atoms with Crippen molar-refractivity contribution in [2.45, 2.75) is 0 Å². The van der Waals surface area contributed by atoms with Crippen LogP contribution in [0.1, 0.15) is 10.4 Å². The van der Waals surface area contributed by atoms with E-state index in [1.54, 1.807) is 24.3 Å². The van der Waals surface area contributed by atoms with E-state index in [1.165, 1.54) is 11.9 Å². The first-order valence-corrected chi connectivity index (χ1v) is 5.28. The van der Waals surface area contributed by atoms with Crippen molar-refractivity contribution in [2.24, 2.45) is 5.92 Å². The molecule has 2 rings (SSSR count). The molecule has 1 aliphatic rings. The summed E-state index contributed by atoms with van der Waals surface area (Å²) in [6.45, 7) is 0. The highest BCUT2D eigenvalue weighted by molar-refractivity contribution is 7.98. The third kappa shape index (κ3) is 1.65. The Morgan fingerprint density at radius 2 is 2.07 bits per heavy atom. The molecule has 0 spiro atoms. The molecule has 0 aromatic heterocycles. The first kappa shape index (κ1) is 9.27. The SMILES string of the molecule is O=C1NSCC1C(=O)c1ccccc1. The van der Waals surface area contributed by atoms with Crippen LogP contribution in [0.2, 0.25) is 0 Å². The van der Waals surface area contributed by atoms with E-state index in [2.05, 4.69) is 4.72 Å². The highest BCUT2D eigenvalue weighted by Crippen LogP contribution is 2.19. The van der Waals surface area contributed by atoms with E-state index < -0.39 is 5.92 Å². The van der Waals surface area contributed by atoms with Gasteiger partial charge in [-0.2, -0.15) is 0 Å². The van der Waals surface area contributed by atoms with Crippen molar-refractivity contribution >= 4 is 23.6 Å². The Hall–Kier alpha value is -1.29. The summed E-state index contributed by atoms with van der Waals surface area (Å²) in [7, 11) is 0. The molecule has 4 heteroatoms. The first-order valence-electron chi connectivity index (χ1n) is 4.30. The summed E-state index contributed by atoms with van der Waals surface area (Å²) in [5.74, 6) is -0.244. The molecule has 1 aliphatic heterocycles. The van der Waals surface area contributed by atoms with Crippen LogP contribution in [0, 0.1) is 5.92 Å². The van der Waals surface area contributed by atoms with Crippen LogP contribution in [0.5, 0.6) is 0 Å². The second-order valence-electron chi connectivity index (χ2n) is 3.06. The van der Waals surface area contributed by atoms with Crippen LogP contribution in [-0.2, 0) is 4.79 Å². The molecule has 1 aromatic rings. The predicted octanol–water partition coefficient (Wildman–Crippen LogP) is 1.26. The molecule has 1 saturated heterocycles. The largest absolute Gasteiger partial charge is 0.299 e. The van der Waals surface area contributed by atoms with Gasteiger partial charge in [-0.25, -0.2) is 0 Å². The summed E-state index contributed by atoms with van der Waals surface area (Å²) in [5.41, 5.74) is 0.607. The van der Waals surface area contributed by atoms with Crippen molar-refractivity contribution in [2.75, 3.05) is 5.75 Å². The van der Waals surface area contributed by atoms with Crippen LogP contribution in [0.4, 0.5) is 0 Å². The number of amides is 1. The maximum atomic E-state index is 11.8. The zero-order valence-electron chi connectivity index (χ0n) is 7.40. The van der Waals surface area contributed by atoms with Crippen molar-refractivity contribution in [3.05, 3.63) is 35.9 Å². The third-order valence-corrected chi connectivity index (χ3v) is 2.96. The second-order valence-corrected chi connectivity index (χ2v) is 3.89.